The number of nitrogens with zero attached hydrogens (tertiary/aromatic N) is 3. The van der Waals surface area contributed by atoms with E-state index in [1.165, 1.54) is 0 Å². The van der Waals surface area contributed by atoms with Gasteiger partial charge in [-0.05, 0) is 54.8 Å². The third-order valence-corrected chi connectivity index (χ3v) is 7.16. The number of aromatic nitrogens is 1. The number of ether oxygens (including phenoxy) is 1. The highest BCUT2D eigenvalue weighted by molar-refractivity contribution is 5.95. The quantitative estimate of drug-likeness (QED) is 0.453. The third kappa shape index (κ3) is 5.56. The van der Waals surface area contributed by atoms with Crippen molar-refractivity contribution < 1.29 is 9.53 Å². The van der Waals surface area contributed by atoms with Crippen molar-refractivity contribution >= 4 is 17.4 Å². The van der Waals surface area contributed by atoms with Gasteiger partial charge in [0.1, 0.15) is 5.82 Å². The Kier molecular flexibility index (Phi) is 7.26. The van der Waals surface area contributed by atoms with Gasteiger partial charge in [0.15, 0.2) is 0 Å². The number of hydrogen-bond acceptors (Lipinski definition) is 6. The summed E-state index contributed by atoms with van der Waals surface area (Å²) in [5.74, 6) is 0.132. The number of nitrogens with one attached hydrogen (secondary N) is 2. The highest BCUT2D eigenvalue weighted by Crippen LogP contribution is 2.39. The molecule has 7 heteroatoms. The average molecular weight is 482 g/mol. The molecule has 2 aliphatic rings. The lowest BCUT2D eigenvalue weighted by Crippen LogP contribution is -2.44. The molecular formula is C29H31N5O2. The van der Waals surface area contributed by atoms with Crippen molar-refractivity contribution in [1.29, 1.82) is 5.26 Å². The molecule has 184 valence electrons. The van der Waals surface area contributed by atoms with E-state index >= 15 is 0 Å². The van der Waals surface area contributed by atoms with Crippen LogP contribution in [0, 0.1) is 16.7 Å². The van der Waals surface area contributed by atoms with E-state index in [4.69, 9.17) is 10.00 Å². The van der Waals surface area contributed by atoms with E-state index in [1.807, 2.05) is 72.9 Å². The molecule has 3 aromatic rings. The SMILES string of the molecule is N#Cc1ccc(CCNCC(C(=O)Nc2ccc(N3CCC4(COC4)C3)cn2)c2ccccc2)cc1. The number of nitriles is 1. The zero-order valence-corrected chi connectivity index (χ0v) is 20.3. The van der Waals surface area contributed by atoms with Crippen LogP contribution < -0.4 is 15.5 Å². The van der Waals surface area contributed by atoms with E-state index in [-0.39, 0.29) is 11.8 Å². The summed E-state index contributed by atoms with van der Waals surface area (Å²) in [6.07, 6.45) is 3.83. The minimum Gasteiger partial charge on any atom is -0.380 e. The van der Waals surface area contributed by atoms with Gasteiger partial charge in [0.05, 0.1) is 42.6 Å². The largest absolute Gasteiger partial charge is 0.380 e. The third-order valence-electron chi connectivity index (χ3n) is 7.16. The summed E-state index contributed by atoms with van der Waals surface area (Å²) in [5.41, 5.74) is 4.18. The first kappa shape index (κ1) is 24.0. The fraction of sp³-hybridized carbons (Fsp3) is 0.345. The van der Waals surface area contributed by atoms with Crippen molar-refractivity contribution in [2.45, 2.75) is 18.8 Å². The summed E-state index contributed by atoms with van der Waals surface area (Å²) in [6.45, 7) is 4.98. The summed E-state index contributed by atoms with van der Waals surface area (Å²) in [5, 5.41) is 15.4. The Morgan fingerprint density at radius 3 is 2.56 bits per heavy atom. The second-order valence-electron chi connectivity index (χ2n) is 9.78. The first-order chi connectivity index (χ1) is 17.6. The van der Waals surface area contributed by atoms with Gasteiger partial charge >= 0.3 is 0 Å². The molecule has 2 fully saturated rings. The van der Waals surface area contributed by atoms with Crippen LogP contribution in [0.25, 0.3) is 0 Å². The lowest BCUT2D eigenvalue weighted by Gasteiger charge is -2.37. The monoisotopic (exact) mass is 481 g/mol. The molecule has 0 aliphatic carbocycles. The fourth-order valence-corrected chi connectivity index (χ4v) is 4.91. The van der Waals surface area contributed by atoms with Crippen LogP contribution in [0.3, 0.4) is 0 Å². The Morgan fingerprint density at radius 2 is 1.92 bits per heavy atom. The van der Waals surface area contributed by atoms with E-state index in [2.05, 4.69) is 26.6 Å². The van der Waals surface area contributed by atoms with Gasteiger partial charge in [-0.2, -0.15) is 5.26 Å². The predicted octanol–water partition coefficient (Wildman–Crippen LogP) is 3.73. The maximum atomic E-state index is 13.3. The van der Waals surface area contributed by atoms with Crippen LogP contribution in [-0.2, 0) is 16.0 Å². The molecule has 1 atom stereocenters. The molecule has 1 amide bonds. The molecule has 1 spiro atoms. The molecule has 3 heterocycles. The molecule has 1 unspecified atom stereocenters. The summed E-state index contributed by atoms with van der Waals surface area (Å²) >= 11 is 0. The number of carbonyl (C=O) groups is 1. The molecular weight excluding hydrogens is 450 g/mol. The zero-order valence-electron chi connectivity index (χ0n) is 20.3. The minimum absolute atomic E-state index is 0.0842. The summed E-state index contributed by atoms with van der Waals surface area (Å²) in [7, 11) is 0. The lowest BCUT2D eigenvalue weighted by molar-refractivity contribution is -0.117. The van der Waals surface area contributed by atoms with E-state index in [0.717, 1.165) is 62.5 Å². The maximum absolute atomic E-state index is 13.3. The van der Waals surface area contributed by atoms with E-state index in [9.17, 15) is 4.79 Å². The Balaban J connectivity index is 1.17. The highest BCUT2D eigenvalue weighted by Gasteiger charge is 2.44. The van der Waals surface area contributed by atoms with Gasteiger partial charge in [0, 0.05) is 25.0 Å². The van der Waals surface area contributed by atoms with Crippen molar-refractivity contribution in [3.05, 3.63) is 89.6 Å². The van der Waals surface area contributed by atoms with Crippen molar-refractivity contribution in [2.24, 2.45) is 5.41 Å². The van der Waals surface area contributed by atoms with Crippen LogP contribution in [0.2, 0.25) is 0 Å². The molecule has 5 rings (SSSR count). The molecule has 1 aromatic heterocycles. The van der Waals surface area contributed by atoms with Gasteiger partial charge in [0.2, 0.25) is 5.91 Å². The minimum atomic E-state index is -0.342. The summed E-state index contributed by atoms with van der Waals surface area (Å²) in [6, 6.07) is 23.5. The van der Waals surface area contributed by atoms with Crippen LogP contribution in [-0.4, -0.2) is 50.3 Å². The maximum Gasteiger partial charge on any atom is 0.234 e. The normalized spacial score (nSPS) is 16.8. The van der Waals surface area contributed by atoms with Crippen LogP contribution in [0.15, 0.2) is 72.9 Å². The molecule has 2 aromatic carbocycles. The van der Waals surface area contributed by atoms with Gasteiger partial charge < -0.3 is 20.3 Å². The Labute approximate surface area is 212 Å². The molecule has 2 saturated heterocycles. The summed E-state index contributed by atoms with van der Waals surface area (Å²) < 4.78 is 5.43. The summed E-state index contributed by atoms with van der Waals surface area (Å²) in [4.78, 5) is 20.2. The molecule has 7 nitrogen and oxygen atoms in total. The highest BCUT2D eigenvalue weighted by atomic mass is 16.5. The van der Waals surface area contributed by atoms with Crippen molar-refractivity contribution in [1.82, 2.24) is 10.3 Å². The molecule has 2 N–H and O–H groups in total. The first-order valence-corrected chi connectivity index (χ1v) is 12.5. The molecule has 0 bridgehead atoms. The van der Waals surface area contributed by atoms with Gasteiger partial charge in [-0.3, -0.25) is 4.79 Å². The zero-order chi connectivity index (χ0) is 24.8. The Morgan fingerprint density at radius 1 is 1.11 bits per heavy atom. The number of pyridine rings is 1. The standard InChI is InChI=1S/C29H31N5O2/c30-16-23-8-6-22(7-9-23)12-14-31-18-26(24-4-2-1-3-5-24)28(35)33-27-11-10-25(17-32-27)34-15-13-29(19-34)20-36-21-29/h1-11,17,26,31H,12-15,18-21H2,(H,32,33,35). The van der Waals surface area contributed by atoms with Gasteiger partial charge in [-0.15, -0.1) is 0 Å². The van der Waals surface area contributed by atoms with Crippen LogP contribution in [0.5, 0.6) is 0 Å². The smallest absolute Gasteiger partial charge is 0.234 e. The average Bonchev–Trinajstić information content (AvgIpc) is 3.37. The Hall–Kier alpha value is -3.73. The van der Waals surface area contributed by atoms with Crippen molar-refractivity contribution in [3.63, 3.8) is 0 Å². The molecule has 0 saturated carbocycles. The van der Waals surface area contributed by atoms with E-state index < -0.39 is 0 Å². The predicted molar refractivity (Wildman–Crippen MR) is 140 cm³/mol. The molecule has 36 heavy (non-hydrogen) atoms. The molecule has 2 aliphatic heterocycles. The van der Waals surface area contributed by atoms with Gasteiger partial charge in [-0.25, -0.2) is 4.98 Å². The number of hydrogen-bond donors (Lipinski definition) is 2. The van der Waals surface area contributed by atoms with Crippen LogP contribution in [0.1, 0.15) is 29.0 Å². The van der Waals surface area contributed by atoms with Crippen molar-refractivity contribution in [3.8, 4) is 6.07 Å². The van der Waals surface area contributed by atoms with Crippen molar-refractivity contribution in [2.75, 3.05) is 49.6 Å². The lowest BCUT2D eigenvalue weighted by atomic mass is 9.85. The van der Waals surface area contributed by atoms with E-state index in [1.54, 1.807) is 0 Å². The molecule has 0 radical (unpaired) electrons. The number of rotatable bonds is 9. The first-order valence-electron chi connectivity index (χ1n) is 12.5. The topological polar surface area (TPSA) is 90.3 Å². The number of amides is 1. The van der Waals surface area contributed by atoms with Crippen LogP contribution in [0.4, 0.5) is 11.5 Å². The number of benzene rings is 2. The second kappa shape index (κ2) is 10.9. The fourth-order valence-electron chi connectivity index (χ4n) is 4.91. The number of carbonyl (C=O) groups excluding carboxylic acids is 1. The van der Waals surface area contributed by atoms with Crippen LogP contribution >= 0.6 is 0 Å². The van der Waals surface area contributed by atoms with Gasteiger partial charge in [0.25, 0.3) is 0 Å². The number of anilines is 2. The van der Waals surface area contributed by atoms with E-state index in [0.29, 0.717) is 23.3 Å². The Bertz CT molecular complexity index is 1200. The second-order valence-corrected chi connectivity index (χ2v) is 9.78. The van der Waals surface area contributed by atoms with Gasteiger partial charge in [-0.1, -0.05) is 42.5 Å².